The Morgan fingerprint density at radius 3 is 2.25 bits per heavy atom. The van der Waals surface area contributed by atoms with E-state index >= 15 is 0 Å². The Balaban J connectivity index is 2.30. The lowest BCUT2D eigenvalue weighted by molar-refractivity contribution is 0.586. The molecule has 1 radical (unpaired) electrons. The zero-order chi connectivity index (χ0) is 3.41. The van der Waals surface area contributed by atoms with Gasteiger partial charge in [0.2, 0.25) is 9.28 Å². The van der Waals surface area contributed by atoms with E-state index in [0.717, 1.165) is 10.1 Å². The summed E-state index contributed by atoms with van der Waals surface area (Å²) in [5, 5.41) is 0. The topological polar surface area (TPSA) is 17.1 Å². The summed E-state index contributed by atoms with van der Waals surface area (Å²) in [4.78, 5) is 0. The molecule has 4 heteroatoms. The third-order valence-corrected chi connectivity index (χ3v) is 1.22. The molecule has 0 saturated heterocycles. The van der Waals surface area contributed by atoms with E-state index in [0.29, 0.717) is 0 Å². The number of hydrogen-bond donors (Lipinski definition) is 0. The summed E-state index contributed by atoms with van der Waals surface area (Å²) < 4.78 is 9.36. The smallest absolute Gasteiger partial charge is 0.205 e. The molecule has 0 rings (SSSR count). The van der Waals surface area contributed by atoms with Gasteiger partial charge in [0.05, 0.1) is 0 Å². The Hall–Kier alpha value is 0.299. The molecule has 0 aliphatic heterocycles. The number of rotatable bonds is 1. The van der Waals surface area contributed by atoms with Gasteiger partial charge in [-0.15, -0.1) is 0 Å². The van der Waals surface area contributed by atoms with Crippen molar-refractivity contribution in [2.24, 2.45) is 0 Å². The van der Waals surface area contributed by atoms with Crippen LogP contribution in [0.3, 0.4) is 0 Å². The standard InChI is InChI=1S/BH4OSi2/c2-4-1-3/h4H,3H3. The van der Waals surface area contributed by atoms with E-state index in [1.165, 1.54) is 0 Å². The fraction of sp³-hybridized carbons (Fsp3) is 0. The number of hydrogen-bond acceptors (Lipinski definition) is 1. The van der Waals surface area contributed by atoms with Crippen LogP contribution >= 0.6 is 0 Å². The molecule has 0 heterocycles. The molecule has 0 bridgehead atoms. The Kier molecular flexibility index (Phi) is 3.55. The molecule has 0 amide bonds. The molecule has 0 atom stereocenters. The lowest BCUT2D eigenvalue weighted by Crippen LogP contribution is -1.88. The van der Waals surface area contributed by atoms with E-state index < -0.39 is 9.28 Å². The highest BCUT2D eigenvalue weighted by Crippen LogP contribution is 1.15. The van der Waals surface area contributed by atoms with Crippen LogP contribution in [0.1, 0.15) is 0 Å². The molecule has 0 N–H and O–H groups in total. The van der Waals surface area contributed by atoms with Crippen LogP contribution in [0.25, 0.3) is 0 Å². The van der Waals surface area contributed by atoms with E-state index in [1.54, 1.807) is 6.46 Å². The van der Waals surface area contributed by atoms with Crippen molar-refractivity contribution in [1.82, 2.24) is 0 Å². The minimum atomic E-state index is -0.531. The van der Waals surface area contributed by atoms with Crippen molar-refractivity contribution in [3.63, 3.8) is 0 Å². The third-order valence-electron chi connectivity index (χ3n) is 0.136. The highest BCUT2D eigenvalue weighted by Gasteiger charge is 1.62. The van der Waals surface area contributed by atoms with Gasteiger partial charge in [0, 0.05) is 0 Å². The zero-order valence-corrected chi connectivity index (χ0v) is 5.72. The van der Waals surface area contributed by atoms with Gasteiger partial charge in [-0.2, -0.15) is 0 Å². The maximum absolute atomic E-state index is 9.36. The normalized spacial score (nSPS) is 6.00. The second-order valence-electron chi connectivity index (χ2n) is 0.469. The average molecular weight is 87.0 g/mol. The van der Waals surface area contributed by atoms with Gasteiger partial charge in [0.15, 0.2) is 6.46 Å². The van der Waals surface area contributed by atoms with Gasteiger partial charge in [-0.25, -0.2) is 0 Å². The SMILES string of the molecule is O=[SiH][B][SiH3]. The Morgan fingerprint density at radius 1 is 2.00 bits per heavy atom. The summed E-state index contributed by atoms with van der Waals surface area (Å²) in [5.41, 5.74) is 0. The van der Waals surface area contributed by atoms with Gasteiger partial charge in [0.1, 0.15) is 0 Å². The predicted molar refractivity (Wildman–Crippen MR) is 23.5 cm³/mol. The first kappa shape index (κ1) is 4.30. The van der Waals surface area contributed by atoms with Gasteiger partial charge < -0.3 is 4.46 Å². The Morgan fingerprint density at radius 2 is 2.25 bits per heavy atom. The molecule has 0 spiro atoms. The summed E-state index contributed by atoms with van der Waals surface area (Å²) in [5.74, 6) is 0. The lowest BCUT2D eigenvalue weighted by atomic mass is 10.7. The van der Waals surface area contributed by atoms with Crippen molar-refractivity contribution >= 4 is 25.9 Å². The molecule has 0 saturated carbocycles. The van der Waals surface area contributed by atoms with Crippen LogP contribution < -0.4 is 0 Å². The van der Waals surface area contributed by atoms with E-state index in [-0.39, 0.29) is 0 Å². The van der Waals surface area contributed by atoms with Crippen molar-refractivity contribution < 1.29 is 4.46 Å². The maximum atomic E-state index is 9.36. The van der Waals surface area contributed by atoms with Gasteiger partial charge in [-0.05, 0) is 10.1 Å². The van der Waals surface area contributed by atoms with E-state index in [2.05, 4.69) is 0 Å². The Labute approximate surface area is 31.2 Å². The van der Waals surface area contributed by atoms with Crippen LogP contribution in [-0.4, -0.2) is 25.9 Å². The monoisotopic (exact) mass is 87.0 g/mol. The summed E-state index contributed by atoms with van der Waals surface area (Å²) in [6, 6.07) is 0. The molecule has 0 unspecified atom stereocenters. The summed E-state index contributed by atoms with van der Waals surface area (Å²) in [6.07, 6.45) is 0. The molecule has 0 aromatic rings. The van der Waals surface area contributed by atoms with Gasteiger partial charge in [-0.3, -0.25) is 0 Å². The molecule has 0 aliphatic carbocycles. The molecule has 0 aliphatic rings. The van der Waals surface area contributed by atoms with Crippen molar-refractivity contribution in [3.8, 4) is 0 Å². The van der Waals surface area contributed by atoms with E-state index in [9.17, 15) is 4.46 Å². The zero-order valence-electron chi connectivity index (χ0n) is 2.56. The summed E-state index contributed by atoms with van der Waals surface area (Å²) >= 11 is 0. The molecule has 4 heavy (non-hydrogen) atoms. The molecular weight excluding hydrogens is 83.0 g/mol. The van der Waals surface area contributed by atoms with Crippen LogP contribution in [0.5, 0.6) is 0 Å². The van der Waals surface area contributed by atoms with Crippen molar-refractivity contribution in [1.29, 1.82) is 0 Å². The molecule has 0 aromatic heterocycles. The minimum absolute atomic E-state index is 0.531. The molecule has 1 nitrogen and oxygen atoms in total. The van der Waals surface area contributed by atoms with Crippen molar-refractivity contribution in [3.05, 3.63) is 0 Å². The minimum Gasteiger partial charge on any atom is -0.403 e. The first-order valence-corrected chi connectivity index (χ1v) is 3.44. The van der Waals surface area contributed by atoms with Crippen LogP contribution in [0.15, 0.2) is 0 Å². The first-order chi connectivity index (χ1) is 1.91. The molecular formula is H4BOSi2. The summed E-state index contributed by atoms with van der Waals surface area (Å²) in [6.45, 7) is 1.79. The molecule has 0 fully saturated rings. The van der Waals surface area contributed by atoms with Gasteiger partial charge >= 0.3 is 0 Å². The van der Waals surface area contributed by atoms with Crippen LogP contribution in [-0.2, 0) is 4.46 Å². The Bertz CT molecular complexity index is 20.0. The second-order valence-corrected chi connectivity index (χ2v) is 3.41. The molecule has 0 aromatic carbocycles. The van der Waals surface area contributed by atoms with Gasteiger partial charge in [-0.1, -0.05) is 0 Å². The summed E-state index contributed by atoms with van der Waals surface area (Å²) in [7, 11) is 0.458. The van der Waals surface area contributed by atoms with E-state index in [1.807, 2.05) is 0 Å². The first-order valence-electron chi connectivity index (χ1n) is 1.15. The van der Waals surface area contributed by atoms with E-state index in [4.69, 9.17) is 0 Å². The van der Waals surface area contributed by atoms with Crippen LogP contribution in [0.4, 0.5) is 0 Å². The predicted octanol–water partition coefficient (Wildman–Crippen LogP) is -2.33. The quantitative estimate of drug-likeness (QED) is 0.328. The van der Waals surface area contributed by atoms with Crippen molar-refractivity contribution in [2.75, 3.05) is 0 Å². The largest absolute Gasteiger partial charge is 0.403 e. The lowest BCUT2D eigenvalue weighted by Gasteiger charge is -1.43. The molecule has 21 valence electrons. The average Bonchev–Trinajstić information content (AvgIpc) is 1.37. The second kappa shape index (κ2) is 3.30. The fourth-order valence-corrected chi connectivity index (χ4v) is 0. The van der Waals surface area contributed by atoms with Gasteiger partial charge in [0.25, 0.3) is 0 Å². The van der Waals surface area contributed by atoms with Crippen molar-refractivity contribution in [2.45, 2.75) is 0 Å². The highest BCUT2D eigenvalue weighted by molar-refractivity contribution is 7.19. The fourth-order valence-electron chi connectivity index (χ4n) is 0. The highest BCUT2D eigenvalue weighted by atomic mass is 28.2. The third kappa shape index (κ3) is 2.30. The maximum Gasteiger partial charge on any atom is 0.205 e. The van der Waals surface area contributed by atoms with Crippen LogP contribution in [0.2, 0.25) is 0 Å². The van der Waals surface area contributed by atoms with Crippen LogP contribution in [0, 0.1) is 0 Å².